The van der Waals surface area contributed by atoms with Gasteiger partial charge in [-0.15, -0.1) is 0 Å². The molecule has 7 heteroatoms. The molecule has 2 aromatic heterocycles. The molecule has 0 aliphatic rings. The lowest BCUT2D eigenvalue weighted by atomic mass is 10.1. The van der Waals surface area contributed by atoms with Crippen LogP contribution >= 0.6 is 11.6 Å². The number of carbonyl (C=O) groups is 1. The lowest BCUT2D eigenvalue weighted by Crippen LogP contribution is -2.17. The molecule has 0 radical (unpaired) electrons. The van der Waals surface area contributed by atoms with Crippen LogP contribution in [0.5, 0.6) is 0 Å². The molecule has 148 valence electrons. The van der Waals surface area contributed by atoms with Crippen LogP contribution in [0.2, 0.25) is 5.02 Å². The molecular formula is C22H18ClFN2O3. The number of para-hydroxylation sites is 1. The molecular weight excluding hydrogens is 395 g/mol. The van der Waals surface area contributed by atoms with Crippen molar-refractivity contribution >= 4 is 28.5 Å². The van der Waals surface area contributed by atoms with Gasteiger partial charge in [0.05, 0.1) is 12.8 Å². The van der Waals surface area contributed by atoms with E-state index in [1.54, 1.807) is 23.0 Å². The van der Waals surface area contributed by atoms with Crippen molar-refractivity contribution in [1.29, 1.82) is 0 Å². The molecule has 4 rings (SSSR count). The van der Waals surface area contributed by atoms with Crippen LogP contribution < -0.4 is 5.32 Å². The molecule has 0 bridgehead atoms. The molecule has 0 fully saturated rings. The lowest BCUT2D eigenvalue weighted by Gasteiger charge is -2.11. The van der Waals surface area contributed by atoms with E-state index in [9.17, 15) is 14.3 Å². The number of hydrogen-bond donors (Lipinski definition) is 2. The number of furan rings is 1. The van der Waals surface area contributed by atoms with Gasteiger partial charge in [-0.05, 0) is 35.9 Å². The molecule has 0 aliphatic heterocycles. The van der Waals surface area contributed by atoms with Gasteiger partial charge in [-0.1, -0.05) is 35.9 Å². The number of nitrogens with zero attached hydrogens (tertiary/aromatic N) is 1. The summed E-state index contributed by atoms with van der Waals surface area (Å²) in [6.45, 7) is 1.06. The largest absolute Gasteiger partial charge is 0.477 e. The maximum atomic E-state index is 13.4. The van der Waals surface area contributed by atoms with E-state index in [1.165, 1.54) is 12.1 Å². The van der Waals surface area contributed by atoms with E-state index < -0.39 is 11.8 Å². The fourth-order valence-electron chi connectivity index (χ4n) is 3.51. The summed E-state index contributed by atoms with van der Waals surface area (Å²) in [4.78, 5) is 12.2. The monoisotopic (exact) mass is 412 g/mol. The minimum Gasteiger partial charge on any atom is -0.477 e. The molecule has 0 spiro atoms. The maximum Gasteiger partial charge on any atom is 0.352 e. The Kier molecular flexibility index (Phi) is 5.38. The molecule has 5 nitrogen and oxygen atoms in total. The van der Waals surface area contributed by atoms with Crippen LogP contribution in [-0.2, 0) is 19.6 Å². The second-order valence-electron chi connectivity index (χ2n) is 6.65. The predicted octanol–water partition coefficient (Wildman–Crippen LogP) is 5.06. The quantitative estimate of drug-likeness (QED) is 0.445. The average molecular weight is 413 g/mol. The number of carboxylic acid groups (broad SMARTS) is 1. The second-order valence-corrected chi connectivity index (χ2v) is 7.06. The van der Waals surface area contributed by atoms with E-state index in [0.29, 0.717) is 24.2 Å². The average Bonchev–Trinajstić information content (AvgIpc) is 3.31. The molecule has 0 unspecified atom stereocenters. The normalized spacial score (nSPS) is 11.2. The smallest absolute Gasteiger partial charge is 0.352 e. The van der Waals surface area contributed by atoms with E-state index in [-0.39, 0.29) is 17.3 Å². The van der Waals surface area contributed by atoms with Gasteiger partial charge < -0.3 is 19.4 Å². The second kappa shape index (κ2) is 8.11. The summed E-state index contributed by atoms with van der Waals surface area (Å²) in [7, 11) is 0. The van der Waals surface area contributed by atoms with Crippen molar-refractivity contribution in [3.05, 3.63) is 94.3 Å². The van der Waals surface area contributed by atoms with Crippen molar-refractivity contribution in [2.24, 2.45) is 0 Å². The summed E-state index contributed by atoms with van der Waals surface area (Å²) in [5.41, 5.74) is 2.28. The summed E-state index contributed by atoms with van der Waals surface area (Å²) in [6.07, 6.45) is 1.60. The van der Waals surface area contributed by atoms with Crippen molar-refractivity contribution in [2.75, 3.05) is 0 Å². The predicted molar refractivity (Wildman–Crippen MR) is 109 cm³/mol. The number of aromatic carboxylic acids is 1. The zero-order chi connectivity index (χ0) is 20.4. The highest BCUT2D eigenvalue weighted by atomic mass is 35.5. The first-order valence-corrected chi connectivity index (χ1v) is 9.43. The number of nitrogens with one attached hydrogen (secondary N) is 1. The molecule has 0 atom stereocenters. The summed E-state index contributed by atoms with van der Waals surface area (Å²) in [6, 6.07) is 15.3. The minimum atomic E-state index is -1.03. The number of fused-ring (bicyclic) bond motifs is 1. The van der Waals surface area contributed by atoms with E-state index in [1.807, 2.05) is 30.3 Å². The van der Waals surface area contributed by atoms with Gasteiger partial charge in [0.2, 0.25) is 0 Å². The first kappa shape index (κ1) is 19.2. The van der Waals surface area contributed by atoms with E-state index in [4.69, 9.17) is 16.0 Å². The maximum absolute atomic E-state index is 13.4. The molecule has 2 heterocycles. The van der Waals surface area contributed by atoms with Crippen LogP contribution in [-0.4, -0.2) is 15.6 Å². The highest BCUT2D eigenvalue weighted by molar-refractivity contribution is 6.31. The van der Waals surface area contributed by atoms with Gasteiger partial charge in [-0.3, -0.25) is 0 Å². The number of hydrogen-bond acceptors (Lipinski definition) is 3. The Hall–Kier alpha value is -3.09. The molecule has 0 saturated carbocycles. The van der Waals surface area contributed by atoms with Crippen LogP contribution in [0.15, 0.2) is 65.3 Å². The molecule has 2 aromatic carbocycles. The standard InChI is InChI=1S/C22H18ClFN2O3/c23-19-10-15(24)8-7-14(19)13-26-20-6-2-1-5-17(20)18(21(26)22(27)28)12-25-11-16-4-3-9-29-16/h1-10,25H,11-13H2,(H,27,28). The number of benzene rings is 2. The third-order valence-electron chi connectivity index (χ3n) is 4.80. The molecule has 0 saturated heterocycles. The van der Waals surface area contributed by atoms with Crippen LogP contribution in [0.1, 0.15) is 27.4 Å². The SMILES string of the molecule is O=C(O)c1c(CNCc2ccco2)c2ccccc2n1Cc1ccc(F)cc1Cl. The van der Waals surface area contributed by atoms with Crippen molar-refractivity contribution in [3.8, 4) is 0 Å². The van der Waals surface area contributed by atoms with Gasteiger partial charge >= 0.3 is 5.97 Å². The Morgan fingerprint density at radius 3 is 2.69 bits per heavy atom. The first-order chi connectivity index (χ1) is 14.0. The van der Waals surface area contributed by atoms with Crippen LogP contribution in [0.4, 0.5) is 4.39 Å². The Bertz CT molecular complexity index is 1170. The van der Waals surface area contributed by atoms with E-state index in [2.05, 4.69) is 5.32 Å². The third-order valence-corrected chi connectivity index (χ3v) is 5.15. The number of rotatable bonds is 7. The van der Waals surface area contributed by atoms with E-state index in [0.717, 1.165) is 16.7 Å². The van der Waals surface area contributed by atoms with Gasteiger partial charge in [0, 0.05) is 34.6 Å². The summed E-state index contributed by atoms with van der Waals surface area (Å²) in [5, 5.41) is 14.3. The van der Waals surface area contributed by atoms with Gasteiger partial charge in [-0.25, -0.2) is 9.18 Å². The Balaban J connectivity index is 1.75. The first-order valence-electron chi connectivity index (χ1n) is 9.05. The van der Waals surface area contributed by atoms with Gasteiger partial charge in [0.15, 0.2) is 0 Å². The fraction of sp³-hybridized carbons (Fsp3) is 0.136. The summed E-state index contributed by atoms with van der Waals surface area (Å²) >= 11 is 6.19. The van der Waals surface area contributed by atoms with Gasteiger partial charge in [0.1, 0.15) is 17.3 Å². The fourth-order valence-corrected chi connectivity index (χ4v) is 3.73. The molecule has 0 aliphatic carbocycles. The Morgan fingerprint density at radius 2 is 1.97 bits per heavy atom. The summed E-state index contributed by atoms with van der Waals surface area (Å²) < 4.78 is 20.4. The van der Waals surface area contributed by atoms with Crippen LogP contribution in [0, 0.1) is 5.82 Å². The Morgan fingerprint density at radius 1 is 1.14 bits per heavy atom. The van der Waals surface area contributed by atoms with Crippen molar-refractivity contribution in [1.82, 2.24) is 9.88 Å². The van der Waals surface area contributed by atoms with Crippen LogP contribution in [0.25, 0.3) is 10.9 Å². The number of carboxylic acids is 1. The lowest BCUT2D eigenvalue weighted by molar-refractivity contribution is 0.0684. The van der Waals surface area contributed by atoms with Crippen molar-refractivity contribution in [2.45, 2.75) is 19.6 Å². The van der Waals surface area contributed by atoms with Crippen molar-refractivity contribution < 1.29 is 18.7 Å². The molecule has 0 amide bonds. The molecule has 29 heavy (non-hydrogen) atoms. The number of aromatic nitrogens is 1. The van der Waals surface area contributed by atoms with Gasteiger partial charge in [0.25, 0.3) is 0 Å². The van der Waals surface area contributed by atoms with Gasteiger partial charge in [-0.2, -0.15) is 0 Å². The topological polar surface area (TPSA) is 67.4 Å². The third kappa shape index (κ3) is 3.90. The van der Waals surface area contributed by atoms with Crippen molar-refractivity contribution in [3.63, 3.8) is 0 Å². The highest BCUT2D eigenvalue weighted by Crippen LogP contribution is 2.29. The zero-order valence-electron chi connectivity index (χ0n) is 15.4. The highest BCUT2D eigenvalue weighted by Gasteiger charge is 2.22. The van der Waals surface area contributed by atoms with Crippen LogP contribution in [0.3, 0.4) is 0 Å². The van der Waals surface area contributed by atoms with E-state index >= 15 is 0 Å². The molecule has 2 N–H and O–H groups in total. The minimum absolute atomic E-state index is 0.179. The number of halogens is 2. The zero-order valence-corrected chi connectivity index (χ0v) is 16.1. The molecule has 4 aromatic rings. The summed E-state index contributed by atoms with van der Waals surface area (Å²) in [5.74, 6) is -0.699. The Labute approximate surface area is 171 Å².